The van der Waals surface area contributed by atoms with Crippen LogP contribution in [0.25, 0.3) is 0 Å². The molecule has 0 saturated carbocycles. The molecule has 0 unspecified atom stereocenters. The van der Waals surface area contributed by atoms with Gasteiger partial charge in [0.25, 0.3) is 5.91 Å². The Hall–Kier alpha value is -2.49. The summed E-state index contributed by atoms with van der Waals surface area (Å²) < 4.78 is 31.0. The number of nitrogens with one attached hydrogen (secondary N) is 1. The largest absolute Gasteiger partial charge is 0.455 e. The first-order valence-electron chi connectivity index (χ1n) is 10.4. The second-order valence-corrected chi connectivity index (χ2v) is 11.4. The minimum atomic E-state index is -3.53. The van der Waals surface area contributed by atoms with Crippen LogP contribution < -0.4 is 5.32 Å². The Labute approximate surface area is 215 Å². The second kappa shape index (κ2) is 11.8. The van der Waals surface area contributed by atoms with E-state index in [0.29, 0.717) is 12.8 Å². The van der Waals surface area contributed by atoms with E-state index in [-0.39, 0.29) is 10.6 Å². The Morgan fingerprint density at radius 3 is 1.88 bits per heavy atom. The maximum Gasteiger partial charge on any atom is 0.310 e. The Kier molecular flexibility index (Phi) is 9.04. The summed E-state index contributed by atoms with van der Waals surface area (Å²) in [6.45, 7) is -0.528. The molecular formula is C25H23Br2NO5S. The molecule has 3 aromatic carbocycles. The van der Waals surface area contributed by atoms with Gasteiger partial charge in [0.1, 0.15) is 0 Å². The minimum Gasteiger partial charge on any atom is -0.455 e. The van der Waals surface area contributed by atoms with Crippen molar-refractivity contribution < 1.29 is 22.7 Å². The molecule has 0 radical (unpaired) electrons. The number of amides is 1. The number of carbonyl (C=O) groups excluding carboxylic acids is 2. The van der Waals surface area contributed by atoms with Gasteiger partial charge in [0.15, 0.2) is 16.4 Å². The maximum atomic E-state index is 13.0. The highest BCUT2D eigenvalue weighted by Crippen LogP contribution is 2.26. The number of sulfone groups is 1. The van der Waals surface area contributed by atoms with Crippen LogP contribution in [-0.4, -0.2) is 33.2 Å². The third-order valence-electron chi connectivity index (χ3n) is 5.09. The summed E-state index contributed by atoms with van der Waals surface area (Å²) >= 11 is 7.04. The van der Waals surface area contributed by atoms with Crippen molar-refractivity contribution in [3.63, 3.8) is 0 Å². The zero-order valence-electron chi connectivity index (χ0n) is 18.3. The van der Waals surface area contributed by atoms with E-state index < -0.39 is 34.2 Å². The predicted molar refractivity (Wildman–Crippen MR) is 138 cm³/mol. The fourth-order valence-electron chi connectivity index (χ4n) is 3.43. The van der Waals surface area contributed by atoms with Crippen LogP contribution in [0.3, 0.4) is 0 Å². The molecule has 34 heavy (non-hydrogen) atoms. The van der Waals surface area contributed by atoms with E-state index in [9.17, 15) is 18.0 Å². The van der Waals surface area contributed by atoms with Crippen LogP contribution in [0.2, 0.25) is 0 Å². The van der Waals surface area contributed by atoms with Gasteiger partial charge < -0.3 is 10.1 Å². The van der Waals surface area contributed by atoms with Gasteiger partial charge in [-0.15, -0.1) is 0 Å². The monoisotopic (exact) mass is 607 g/mol. The van der Waals surface area contributed by atoms with Crippen molar-refractivity contribution in [3.05, 3.63) is 92.9 Å². The van der Waals surface area contributed by atoms with Gasteiger partial charge in [0, 0.05) is 15.2 Å². The van der Waals surface area contributed by atoms with Crippen molar-refractivity contribution in [1.82, 2.24) is 0 Å². The lowest BCUT2D eigenvalue weighted by molar-refractivity contribution is -0.151. The summed E-state index contributed by atoms with van der Waals surface area (Å²) in [5.74, 6) is -1.67. The Morgan fingerprint density at radius 2 is 1.35 bits per heavy atom. The average molecular weight is 609 g/mol. The highest BCUT2D eigenvalue weighted by atomic mass is 79.9. The third kappa shape index (κ3) is 7.25. The molecule has 0 atom stereocenters. The second-order valence-electron chi connectivity index (χ2n) is 7.71. The normalized spacial score (nSPS) is 11.3. The Balaban J connectivity index is 1.72. The van der Waals surface area contributed by atoms with Crippen LogP contribution in [0.4, 0.5) is 5.69 Å². The highest BCUT2D eigenvalue weighted by molar-refractivity contribution is 9.10. The summed E-state index contributed by atoms with van der Waals surface area (Å²) in [6.07, 6.45) is 1.90. The number of benzene rings is 3. The van der Waals surface area contributed by atoms with E-state index in [1.807, 2.05) is 48.5 Å². The fraction of sp³-hybridized carbons (Fsp3) is 0.200. The summed E-state index contributed by atoms with van der Waals surface area (Å²) in [4.78, 5) is 25.5. The molecule has 6 nitrogen and oxygen atoms in total. The average Bonchev–Trinajstić information content (AvgIpc) is 2.79. The molecule has 9 heteroatoms. The van der Waals surface area contributed by atoms with E-state index in [1.54, 1.807) is 12.1 Å². The zero-order valence-corrected chi connectivity index (χ0v) is 22.3. The van der Waals surface area contributed by atoms with Crippen LogP contribution >= 0.6 is 31.9 Å². The first-order chi connectivity index (χ1) is 16.1. The van der Waals surface area contributed by atoms with Crippen molar-refractivity contribution in [2.45, 2.75) is 17.7 Å². The molecule has 1 amide bonds. The van der Waals surface area contributed by atoms with Gasteiger partial charge in [-0.05, 0) is 48.2 Å². The molecule has 0 aromatic heterocycles. The van der Waals surface area contributed by atoms with Crippen LogP contribution in [-0.2, 0) is 37.0 Å². The topological polar surface area (TPSA) is 89.5 Å². The molecule has 0 aliphatic heterocycles. The Morgan fingerprint density at radius 1 is 0.853 bits per heavy atom. The number of esters is 1. The van der Waals surface area contributed by atoms with Crippen LogP contribution in [0.5, 0.6) is 0 Å². The fourth-order valence-corrected chi connectivity index (χ4v) is 5.17. The summed E-state index contributed by atoms with van der Waals surface area (Å²) in [7, 11) is -3.53. The quantitative estimate of drug-likeness (QED) is 0.337. The molecule has 0 spiro atoms. The van der Waals surface area contributed by atoms with E-state index >= 15 is 0 Å². The standard InChI is InChI=1S/C25H23Br2NO5S/c1-34(31,32)23-13-7-6-12-22(23)28-24(29)16-33-25(30)19(14-17-8-2-4-10-20(17)26)15-18-9-3-5-11-21(18)27/h2-13,19H,14-16H2,1H3,(H,28,29). The number of para-hydroxylation sites is 1. The molecule has 0 heterocycles. The number of carbonyl (C=O) groups is 2. The van der Waals surface area contributed by atoms with Crippen molar-refractivity contribution in [3.8, 4) is 0 Å². The molecule has 3 rings (SSSR count). The van der Waals surface area contributed by atoms with Gasteiger partial charge in [-0.3, -0.25) is 9.59 Å². The summed E-state index contributed by atoms with van der Waals surface area (Å²) in [6, 6.07) is 21.3. The molecule has 0 saturated heterocycles. The van der Waals surface area contributed by atoms with Gasteiger partial charge >= 0.3 is 5.97 Å². The number of hydrogen-bond donors (Lipinski definition) is 1. The minimum absolute atomic E-state index is 0.00425. The van der Waals surface area contributed by atoms with E-state index in [1.165, 1.54) is 12.1 Å². The van der Waals surface area contributed by atoms with Gasteiger partial charge in [-0.25, -0.2) is 8.42 Å². The summed E-state index contributed by atoms with van der Waals surface area (Å²) in [5, 5.41) is 2.52. The lowest BCUT2D eigenvalue weighted by Gasteiger charge is -2.18. The molecule has 3 aromatic rings. The van der Waals surface area contributed by atoms with Gasteiger partial charge in [-0.2, -0.15) is 0 Å². The number of halogens is 2. The lowest BCUT2D eigenvalue weighted by Crippen LogP contribution is -2.27. The van der Waals surface area contributed by atoms with Gasteiger partial charge in [0.05, 0.1) is 16.5 Å². The first kappa shape index (κ1) is 26.1. The van der Waals surface area contributed by atoms with Gasteiger partial charge in [-0.1, -0.05) is 80.4 Å². The van der Waals surface area contributed by atoms with Crippen molar-refractivity contribution in [2.24, 2.45) is 5.92 Å². The summed E-state index contributed by atoms with van der Waals surface area (Å²) in [5.41, 5.74) is 2.04. The number of rotatable bonds is 9. The van der Waals surface area contributed by atoms with Crippen LogP contribution in [0.15, 0.2) is 86.6 Å². The number of anilines is 1. The lowest BCUT2D eigenvalue weighted by atomic mass is 9.92. The van der Waals surface area contributed by atoms with Gasteiger partial charge in [0.2, 0.25) is 0 Å². The predicted octanol–water partition coefficient (Wildman–Crippen LogP) is 5.20. The zero-order chi connectivity index (χ0) is 24.7. The first-order valence-corrected chi connectivity index (χ1v) is 13.9. The molecular weight excluding hydrogens is 586 g/mol. The van der Waals surface area contributed by atoms with E-state index in [0.717, 1.165) is 26.3 Å². The highest BCUT2D eigenvalue weighted by Gasteiger charge is 2.24. The van der Waals surface area contributed by atoms with Crippen molar-refractivity contribution in [1.29, 1.82) is 0 Å². The smallest absolute Gasteiger partial charge is 0.310 e. The molecule has 1 N–H and O–H groups in total. The van der Waals surface area contributed by atoms with Crippen LogP contribution in [0.1, 0.15) is 11.1 Å². The molecule has 0 aliphatic rings. The third-order valence-corrected chi connectivity index (χ3v) is 7.79. The van der Waals surface area contributed by atoms with E-state index in [2.05, 4.69) is 37.2 Å². The van der Waals surface area contributed by atoms with Crippen LogP contribution in [0, 0.1) is 5.92 Å². The maximum absolute atomic E-state index is 13.0. The van der Waals surface area contributed by atoms with E-state index in [4.69, 9.17) is 4.74 Å². The van der Waals surface area contributed by atoms with Crippen molar-refractivity contribution in [2.75, 3.05) is 18.2 Å². The number of hydrogen-bond acceptors (Lipinski definition) is 5. The molecule has 0 bridgehead atoms. The molecule has 0 fully saturated rings. The number of ether oxygens (including phenoxy) is 1. The molecule has 178 valence electrons. The Bertz CT molecular complexity index is 1250. The molecule has 0 aliphatic carbocycles. The van der Waals surface area contributed by atoms with Crippen molar-refractivity contribution >= 4 is 59.3 Å². The SMILES string of the molecule is CS(=O)(=O)c1ccccc1NC(=O)COC(=O)C(Cc1ccccc1Br)Cc1ccccc1Br.